The standard InChI is InChI=1S/C15H27N3O4/c1-6-7-8-12(15(22)17(3)4)18(5)14(21)11(2)9-16-10-13(19)20/h9,12,16H,6-8,10H2,1-5H3,(H,19,20)/b11-9+/t12-/m0/s1. The van der Waals surface area contributed by atoms with Gasteiger partial charge < -0.3 is 20.2 Å². The first kappa shape index (κ1) is 19.9. The maximum Gasteiger partial charge on any atom is 0.322 e. The smallest absolute Gasteiger partial charge is 0.322 e. The molecule has 0 unspecified atom stereocenters. The average molecular weight is 313 g/mol. The third-order valence-corrected chi connectivity index (χ3v) is 3.25. The number of rotatable bonds is 9. The van der Waals surface area contributed by atoms with Crippen LogP contribution in [0.2, 0.25) is 0 Å². The third-order valence-electron chi connectivity index (χ3n) is 3.25. The van der Waals surface area contributed by atoms with Crippen LogP contribution in [0.4, 0.5) is 0 Å². The molecule has 0 bridgehead atoms. The highest BCUT2D eigenvalue weighted by Crippen LogP contribution is 2.12. The number of hydrogen-bond donors (Lipinski definition) is 2. The summed E-state index contributed by atoms with van der Waals surface area (Å²) in [5.41, 5.74) is 0.358. The molecule has 7 nitrogen and oxygen atoms in total. The fourth-order valence-electron chi connectivity index (χ4n) is 1.95. The number of nitrogens with zero attached hydrogens (tertiary/aromatic N) is 2. The minimum Gasteiger partial charge on any atom is -0.480 e. The summed E-state index contributed by atoms with van der Waals surface area (Å²) in [6.45, 7) is 3.36. The van der Waals surface area contributed by atoms with Gasteiger partial charge in [0.1, 0.15) is 12.6 Å². The van der Waals surface area contributed by atoms with Crippen molar-refractivity contribution >= 4 is 17.8 Å². The summed E-state index contributed by atoms with van der Waals surface area (Å²) < 4.78 is 0. The number of carboxylic acids is 1. The summed E-state index contributed by atoms with van der Waals surface area (Å²) in [6.07, 6.45) is 3.76. The minimum absolute atomic E-state index is 0.115. The average Bonchev–Trinajstić information content (AvgIpc) is 2.45. The highest BCUT2D eigenvalue weighted by atomic mass is 16.4. The Morgan fingerprint density at radius 2 is 1.82 bits per heavy atom. The topological polar surface area (TPSA) is 90.0 Å². The number of carbonyl (C=O) groups excluding carboxylic acids is 2. The van der Waals surface area contributed by atoms with Crippen LogP contribution >= 0.6 is 0 Å². The van der Waals surface area contributed by atoms with Crippen molar-refractivity contribution in [1.29, 1.82) is 0 Å². The van der Waals surface area contributed by atoms with E-state index >= 15 is 0 Å². The minimum atomic E-state index is -1.01. The zero-order chi connectivity index (χ0) is 17.3. The molecule has 7 heteroatoms. The Hall–Kier alpha value is -2.05. The maximum absolute atomic E-state index is 12.3. The lowest BCUT2D eigenvalue weighted by Crippen LogP contribution is -2.47. The van der Waals surface area contributed by atoms with E-state index in [1.54, 1.807) is 28.1 Å². The molecule has 22 heavy (non-hydrogen) atoms. The van der Waals surface area contributed by atoms with E-state index in [0.29, 0.717) is 12.0 Å². The summed E-state index contributed by atoms with van der Waals surface area (Å²) in [6, 6.07) is -0.509. The molecule has 0 aromatic carbocycles. The molecule has 0 aromatic rings. The SMILES string of the molecule is CCCC[C@@H](C(=O)N(C)C)N(C)C(=O)/C(C)=C/NCC(=O)O. The van der Waals surface area contributed by atoms with Crippen LogP contribution in [0.25, 0.3) is 0 Å². The van der Waals surface area contributed by atoms with Gasteiger partial charge >= 0.3 is 5.97 Å². The Labute approximate surface area is 132 Å². The largest absolute Gasteiger partial charge is 0.480 e. The number of carboxylic acid groups (broad SMARTS) is 1. The summed E-state index contributed by atoms with van der Waals surface area (Å²) >= 11 is 0. The second-order valence-electron chi connectivity index (χ2n) is 5.41. The number of likely N-dealkylation sites (N-methyl/N-ethyl adjacent to an activating group) is 2. The van der Waals surface area contributed by atoms with Gasteiger partial charge in [-0.1, -0.05) is 19.8 Å². The van der Waals surface area contributed by atoms with Gasteiger partial charge in [0.25, 0.3) is 5.91 Å². The predicted molar refractivity (Wildman–Crippen MR) is 84.2 cm³/mol. The Balaban J connectivity index is 4.95. The molecular weight excluding hydrogens is 286 g/mol. The van der Waals surface area contributed by atoms with Gasteiger partial charge in [0, 0.05) is 32.9 Å². The first-order chi connectivity index (χ1) is 10.2. The van der Waals surface area contributed by atoms with E-state index in [9.17, 15) is 14.4 Å². The van der Waals surface area contributed by atoms with Crippen molar-refractivity contribution in [2.75, 3.05) is 27.7 Å². The van der Waals surface area contributed by atoms with Gasteiger partial charge in [0.15, 0.2) is 0 Å². The fourth-order valence-corrected chi connectivity index (χ4v) is 1.95. The molecule has 0 aliphatic rings. The van der Waals surface area contributed by atoms with Crippen LogP contribution < -0.4 is 5.32 Å². The van der Waals surface area contributed by atoms with Crippen LogP contribution in [-0.4, -0.2) is 66.4 Å². The number of hydrogen-bond acceptors (Lipinski definition) is 4. The molecule has 0 saturated carbocycles. The van der Waals surface area contributed by atoms with Gasteiger partial charge in [-0.3, -0.25) is 14.4 Å². The summed E-state index contributed by atoms with van der Waals surface area (Å²) in [5, 5.41) is 11.1. The van der Waals surface area contributed by atoms with Gasteiger partial charge in [0.05, 0.1) is 0 Å². The predicted octanol–water partition coefficient (Wildman–Crippen LogP) is 0.670. The molecule has 1 atom stereocenters. The molecule has 0 radical (unpaired) electrons. The fraction of sp³-hybridized carbons (Fsp3) is 0.667. The molecule has 0 rings (SSSR count). The number of carbonyl (C=O) groups is 3. The lowest BCUT2D eigenvalue weighted by atomic mass is 10.1. The van der Waals surface area contributed by atoms with Crippen LogP contribution in [0.3, 0.4) is 0 Å². The Bertz CT molecular complexity index is 433. The molecule has 0 heterocycles. The molecule has 0 aliphatic heterocycles. The van der Waals surface area contributed by atoms with E-state index in [-0.39, 0.29) is 18.4 Å². The van der Waals surface area contributed by atoms with E-state index in [2.05, 4.69) is 5.32 Å². The van der Waals surface area contributed by atoms with Gasteiger partial charge in [-0.15, -0.1) is 0 Å². The van der Waals surface area contributed by atoms with Crippen molar-refractivity contribution in [2.24, 2.45) is 0 Å². The monoisotopic (exact) mass is 313 g/mol. The zero-order valence-corrected chi connectivity index (χ0v) is 14.0. The first-order valence-electron chi connectivity index (χ1n) is 7.32. The molecule has 0 aliphatic carbocycles. The van der Waals surface area contributed by atoms with Crippen molar-refractivity contribution in [3.05, 3.63) is 11.8 Å². The van der Waals surface area contributed by atoms with Crippen molar-refractivity contribution < 1.29 is 19.5 Å². The molecule has 2 N–H and O–H groups in total. The van der Waals surface area contributed by atoms with E-state index < -0.39 is 12.0 Å². The van der Waals surface area contributed by atoms with E-state index in [1.165, 1.54) is 16.0 Å². The second kappa shape index (κ2) is 9.81. The van der Waals surface area contributed by atoms with Crippen molar-refractivity contribution in [3.8, 4) is 0 Å². The summed E-state index contributed by atoms with van der Waals surface area (Å²) in [4.78, 5) is 37.9. The van der Waals surface area contributed by atoms with Gasteiger partial charge in [-0.2, -0.15) is 0 Å². The number of aliphatic carboxylic acids is 1. The Morgan fingerprint density at radius 3 is 2.27 bits per heavy atom. The molecule has 0 aromatic heterocycles. The lowest BCUT2D eigenvalue weighted by molar-refractivity contribution is -0.141. The van der Waals surface area contributed by atoms with Crippen LogP contribution in [-0.2, 0) is 14.4 Å². The summed E-state index contributed by atoms with van der Waals surface area (Å²) in [7, 11) is 4.92. The van der Waals surface area contributed by atoms with E-state index in [0.717, 1.165) is 12.8 Å². The van der Waals surface area contributed by atoms with Crippen molar-refractivity contribution in [2.45, 2.75) is 39.2 Å². The van der Waals surface area contributed by atoms with Gasteiger partial charge in [-0.05, 0) is 13.3 Å². The number of unbranched alkanes of at least 4 members (excludes halogenated alkanes) is 1. The molecule has 126 valence electrons. The Morgan fingerprint density at radius 1 is 1.23 bits per heavy atom. The highest BCUT2D eigenvalue weighted by Gasteiger charge is 2.28. The molecule has 0 spiro atoms. The van der Waals surface area contributed by atoms with Crippen LogP contribution in [0.5, 0.6) is 0 Å². The molecular formula is C15H27N3O4. The van der Waals surface area contributed by atoms with Crippen LogP contribution in [0.15, 0.2) is 11.8 Å². The molecule has 2 amide bonds. The van der Waals surface area contributed by atoms with Crippen molar-refractivity contribution in [3.63, 3.8) is 0 Å². The normalized spacial score (nSPS) is 12.5. The highest BCUT2D eigenvalue weighted by molar-refractivity contribution is 5.96. The second-order valence-corrected chi connectivity index (χ2v) is 5.41. The Kier molecular flexibility index (Phi) is 8.89. The molecule has 0 saturated heterocycles. The van der Waals surface area contributed by atoms with Crippen LogP contribution in [0.1, 0.15) is 33.1 Å². The third kappa shape index (κ3) is 6.60. The van der Waals surface area contributed by atoms with Crippen LogP contribution in [0, 0.1) is 0 Å². The lowest BCUT2D eigenvalue weighted by Gasteiger charge is -2.29. The number of nitrogens with one attached hydrogen (secondary N) is 1. The van der Waals surface area contributed by atoms with Gasteiger partial charge in [0.2, 0.25) is 5.91 Å². The summed E-state index contributed by atoms with van der Waals surface area (Å²) in [5.74, 6) is -1.42. The molecule has 0 fully saturated rings. The number of amides is 2. The quantitative estimate of drug-likeness (QED) is 0.611. The van der Waals surface area contributed by atoms with E-state index in [4.69, 9.17) is 5.11 Å². The zero-order valence-electron chi connectivity index (χ0n) is 14.0. The maximum atomic E-state index is 12.3. The van der Waals surface area contributed by atoms with Crippen molar-refractivity contribution in [1.82, 2.24) is 15.1 Å². The van der Waals surface area contributed by atoms with E-state index in [1.807, 2.05) is 6.92 Å². The van der Waals surface area contributed by atoms with Gasteiger partial charge in [-0.25, -0.2) is 0 Å². The first-order valence-corrected chi connectivity index (χ1v) is 7.32.